The number of carbonyl (C=O) groups excluding carboxylic acids is 1. The van der Waals surface area contributed by atoms with Crippen molar-refractivity contribution < 1.29 is 6.22 Å². The van der Waals surface area contributed by atoms with E-state index < -0.39 is 0 Å². The molecule has 1 saturated heterocycles. The summed E-state index contributed by atoms with van der Waals surface area (Å²) in [6.07, 6.45) is 6.05. The summed E-state index contributed by atoms with van der Waals surface area (Å²) in [5.74, 6) is 0.919. The number of amides is 1. The molecule has 2 aliphatic heterocycles. The molecule has 6 rings (SSSR count). The van der Waals surface area contributed by atoms with Crippen LogP contribution in [-0.2, 0) is 12.8 Å². The average Bonchev–Trinajstić information content (AvgIpc) is 3.09. The fourth-order valence-electron chi connectivity index (χ4n) is 6.23. The zero-order valence-corrected chi connectivity index (χ0v) is 25.2. The lowest BCUT2D eigenvalue weighted by Crippen LogP contribution is -2.32. The first-order valence-electron chi connectivity index (χ1n) is 15.2. The molecule has 1 unspecified atom stereocenters. The van der Waals surface area contributed by atoms with Crippen LogP contribution < -0.4 is 9.80 Å². The molecule has 3 aromatic carbocycles. The summed E-state index contributed by atoms with van der Waals surface area (Å²) in [6, 6.07) is 27.8. The second-order valence-corrected chi connectivity index (χ2v) is 11.4. The topological polar surface area (TPSA) is 36.4 Å². The minimum absolute atomic E-state index is 0. The Bertz CT molecular complexity index is 1490. The number of benzene rings is 3. The third-order valence-electron chi connectivity index (χ3n) is 8.71. The molecule has 0 saturated carbocycles. The predicted molar refractivity (Wildman–Crippen MR) is 173 cm³/mol. The number of pyridine rings is 1. The molecule has 0 radical (unpaired) electrons. The molecule has 4 heteroatoms. The van der Waals surface area contributed by atoms with Gasteiger partial charge >= 0.3 is 0 Å². The Labute approximate surface area is 247 Å². The van der Waals surface area contributed by atoms with Crippen LogP contribution in [0.15, 0.2) is 85.1 Å². The van der Waals surface area contributed by atoms with E-state index in [1.807, 2.05) is 45.3 Å². The Morgan fingerprint density at radius 2 is 1.61 bits per heavy atom. The zero-order chi connectivity index (χ0) is 28.9. The maximum atomic E-state index is 13.5. The first kappa shape index (κ1) is 28.6. The summed E-state index contributed by atoms with van der Waals surface area (Å²) in [6.45, 7) is 10.9. The van der Waals surface area contributed by atoms with Gasteiger partial charge in [-0.2, -0.15) is 0 Å². The van der Waals surface area contributed by atoms with Gasteiger partial charge in [0.1, 0.15) is 0 Å². The SMILES string of the molecule is CC.Cc1cc(N2CCC(C)CC2)ccc1Cc1cc2c(cn1)N(C)C(=O)c1ccccc1C2Cc1ccccc1.[HH]. The van der Waals surface area contributed by atoms with Crippen molar-refractivity contribution in [3.63, 3.8) is 0 Å². The van der Waals surface area contributed by atoms with E-state index in [2.05, 4.69) is 79.4 Å². The number of nitrogens with zero attached hydrogens (tertiary/aromatic N) is 3. The predicted octanol–water partition coefficient (Wildman–Crippen LogP) is 8.45. The number of rotatable bonds is 5. The molecule has 3 heterocycles. The smallest absolute Gasteiger partial charge is 0.258 e. The first-order valence-corrected chi connectivity index (χ1v) is 15.2. The lowest BCUT2D eigenvalue weighted by Gasteiger charge is -2.32. The van der Waals surface area contributed by atoms with Crippen LogP contribution in [-0.4, -0.2) is 31.0 Å². The normalized spacial score (nSPS) is 16.8. The number of anilines is 2. The van der Waals surface area contributed by atoms with Crippen molar-refractivity contribution in [2.24, 2.45) is 5.92 Å². The van der Waals surface area contributed by atoms with Gasteiger partial charge in [0, 0.05) is 50.8 Å². The number of aromatic nitrogens is 1. The Kier molecular flexibility index (Phi) is 8.87. The highest BCUT2D eigenvalue weighted by atomic mass is 16.2. The van der Waals surface area contributed by atoms with Gasteiger partial charge in [0.2, 0.25) is 0 Å². The standard InChI is InChI=1S/C35H37N3O.C2H6.H2/c1-24-15-17-38(18-16-24)29-14-13-27(25(2)19-29)21-28-22-33-32(20-26-9-5-4-6-10-26)30-11-7-8-12-31(30)35(39)37(3)34(33)23-36-28;1-2;/h4-14,19,22-24,32H,15-18,20-21H2,1-3H3;1-2H3;1H. The molecule has 1 atom stereocenters. The van der Waals surface area contributed by atoms with Gasteiger partial charge in [-0.1, -0.05) is 75.4 Å². The van der Waals surface area contributed by atoms with E-state index in [1.165, 1.54) is 40.8 Å². The van der Waals surface area contributed by atoms with Crippen LogP contribution in [0.4, 0.5) is 11.4 Å². The number of aryl methyl sites for hydroxylation is 1. The van der Waals surface area contributed by atoms with Crippen LogP contribution in [0.5, 0.6) is 0 Å². The van der Waals surface area contributed by atoms with Crippen molar-refractivity contribution in [1.29, 1.82) is 0 Å². The maximum Gasteiger partial charge on any atom is 0.258 e. The highest BCUT2D eigenvalue weighted by molar-refractivity contribution is 6.08. The van der Waals surface area contributed by atoms with E-state index in [-0.39, 0.29) is 13.3 Å². The third-order valence-corrected chi connectivity index (χ3v) is 8.71. The molecule has 41 heavy (non-hydrogen) atoms. The molecular formula is C37H45N3O. The number of hydrogen-bond acceptors (Lipinski definition) is 3. The minimum atomic E-state index is 0. The molecule has 1 amide bonds. The second kappa shape index (κ2) is 12.7. The summed E-state index contributed by atoms with van der Waals surface area (Å²) < 4.78 is 0. The zero-order valence-electron chi connectivity index (χ0n) is 25.2. The van der Waals surface area contributed by atoms with Crippen LogP contribution in [0.2, 0.25) is 0 Å². The van der Waals surface area contributed by atoms with E-state index in [0.717, 1.165) is 54.4 Å². The summed E-state index contributed by atoms with van der Waals surface area (Å²) in [5, 5.41) is 0. The third kappa shape index (κ3) is 6.07. The molecule has 1 aromatic heterocycles. The number of fused-ring (bicyclic) bond motifs is 2. The van der Waals surface area contributed by atoms with Crippen molar-refractivity contribution in [3.05, 3.63) is 124 Å². The maximum absolute atomic E-state index is 13.5. The van der Waals surface area contributed by atoms with E-state index in [1.54, 1.807) is 4.90 Å². The van der Waals surface area contributed by atoms with Crippen molar-refractivity contribution in [2.45, 2.75) is 59.3 Å². The van der Waals surface area contributed by atoms with Crippen molar-refractivity contribution in [2.75, 3.05) is 29.9 Å². The monoisotopic (exact) mass is 547 g/mol. The van der Waals surface area contributed by atoms with Gasteiger partial charge in [0.15, 0.2) is 0 Å². The van der Waals surface area contributed by atoms with Gasteiger partial charge in [-0.25, -0.2) is 0 Å². The molecule has 1 fully saturated rings. The molecular weight excluding hydrogens is 502 g/mol. The van der Waals surface area contributed by atoms with Crippen LogP contribution in [0.25, 0.3) is 0 Å². The largest absolute Gasteiger partial charge is 0.372 e. The lowest BCUT2D eigenvalue weighted by molar-refractivity contribution is 0.0993. The van der Waals surface area contributed by atoms with Crippen LogP contribution in [0.1, 0.15) is 84.8 Å². The van der Waals surface area contributed by atoms with Gasteiger partial charge < -0.3 is 9.80 Å². The Morgan fingerprint density at radius 1 is 0.902 bits per heavy atom. The van der Waals surface area contributed by atoms with Gasteiger partial charge in [-0.15, -0.1) is 0 Å². The Balaban J connectivity index is 0.00000132. The van der Waals surface area contributed by atoms with E-state index >= 15 is 0 Å². The molecule has 4 nitrogen and oxygen atoms in total. The van der Waals surface area contributed by atoms with Crippen molar-refractivity contribution in [3.8, 4) is 0 Å². The molecule has 214 valence electrons. The van der Waals surface area contributed by atoms with Crippen LogP contribution in [0.3, 0.4) is 0 Å². The molecule has 4 aromatic rings. The number of piperidine rings is 1. The quantitative estimate of drug-likeness (QED) is 0.251. The second-order valence-electron chi connectivity index (χ2n) is 11.4. The average molecular weight is 548 g/mol. The first-order chi connectivity index (χ1) is 20.0. The summed E-state index contributed by atoms with van der Waals surface area (Å²) in [7, 11) is 1.87. The summed E-state index contributed by atoms with van der Waals surface area (Å²) >= 11 is 0. The highest BCUT2D eigenvalue weighted by Gasteiger charge is 2.31. The molecule has 0 N–H and O–H groups in total. The van der Waals surface area contributed by atoms with E-state index in [9.17, 15) is 4.79 Å². The van der Waals surface area contributed by atoms with Gasteiger partial charge in [-0.05, 0) is 84.2 Å². The minimum Gasteiger partial charge on any atom is -0.372 e. The molecule has 2 aliphatic rings. The Hall–Kier alpha value is -3.92. The van der Waals surface area contributed by atoms with Crippen molar-refractivity contribution >= 4 is 17.3 Å². The lowest BCUT2D eigenvalue weighted by atomic mass is 9.83. The van der Waals surface area contributed by atoms with Crippen LogP contribution in [0, 0.1) is 12.8 Å². The fraction of sp³-hybridized carbons (Fsp3) is 0.351. The highest BCUT2D eigenvalue weighted by Crippen LogP contribution is 2.40. The van der Waals surface area contributed by atoms with Crippen LogP contribution >= 0.6 is 0 Å². The Morgan fingerprint density at radius 3 is 2.34 bits per heavy atom. The number of hydrogen-bond donors (Lipinski definition) is 0. The van der Waals surface area contributed by atoms with Crippen molar-refractivity contribution in [1.82, 2.24) is 4.98 Å². The number of carbonyl (C=O) groups is 1. The van der Waals surface area contributed by atoms with E-state index in [0.29, 0.717) is 0 Å². The fourth-order valence-corrected chi connectivity index (χ4v) is 6.23. The van der Waals surface area contributed by atoms with E-state index in [4.69, 9.17) is 4.98 Å². The summed E-state index contributed by atoms with van der Waals surface area (Å²) in [4.78, 5) is 22.7. The molecule has 0 aliphatic carbocycles. The molecule has 0 spiro atoms. The van der Waals surface area contributed by atoms with Gasteiger partial charge in [0.05, 0.1) is 11.9 Å². The van der Waals surface area contributed by atoms with Gasteiger partial charge in [-0.3, -0.25) is 9.78 Å². The molecule has 0 bridgehead atoms. The summed E-state index contributed by atoms with van der Waals surface area (Å²) in [5.41, 5.74) is 10.2. The van der Waals surface area contributed by atoms with Gasteiger partial charge in [0.25, 0.3) is 5.91 Å².